The maximum Gasteiger partial charge on any atom is 0.127 e. The number of hydrogen-bond acceptors (Lipinski definition) is 2. The fourth-order valence-electron chi connectivity index (χ4n) is 9.84. The number of benzene rings is 8. The zero-order valence-electron chi connectivity index (χ0n) is 36.3. The Morgan fingerprint density at radius 2 is 1.00 bits per heavy atom. The topological polar surface area (TPSA) is 12.5 Å². The number of ether oxygens (including phenoxy) is 1. The molecule has 0 heterocycles. The van der Waals surface area contributed by atoms with Crippen molar-refractivity contribution in [3.05, 3.63) is 233 Å². The van der Waals surface area contributed by atoms with Crippen LogP contribution in [0.25, 0.3) is 22.3 Å². The van der Waals surface area contributed by atoms with Crippen molar-refractivity contribution in [2.75, 3.05) is 4.90 Å². The third-order valence-electron chi connectivity index (χ3n) is 12.5. The molecule has 0 spiro atoms. The van der Waals surface area contributed by atoms with Crippen molar-refractivity contribution >= 4 is 17.1 Å². The second-order valence-electron chi connectivity index (χ2n) is 17.7. The standard InChI is InChI=1S/C59H55NO/c1-40(2)35-56(41(3)4)46-23-30-52(31-24-46)61-53-32-25-47(26-33-53)59(48-37-42(5)36-43(6)38-48)57-20-14-13-19-54(57)55-34-29-51(39-58(55)59)60(49-17-11-8-12-18-49)50-27-21-45(22-28-50)44-15-9-7-10-16-44/h7-34,36-41,56H,35H2,1-6H3. The highest BCUT2D eigenvalue weighted by molar-refractivity contribution is 5.89. The lowest BCUT2D eigenvalue weighted by atomic mass is 9.67. The van der Waals surface area contributed by atoms with Crippen molar-refractivity contribution in [1.29, 1.82) is 0 Å². The number of rotatable bonds is 12. The summed E-state index contributed by atoms with van der Waals surface area (Å²) in [6, 6.07) is 71.1. The minimum Gasteiger partial charge on any atom is -0.457 e. The van der Waals surface area contributed by atoms with E-state index in [-0.39, 0.29) is 0 Å². The van der Waals surface area contributed by atoms with Crippen LogP contribution in [0.1, 0.15) is 79.0 Å². The van der Waals surface area contributed by atoms with Gasteiger partial charge in [0.1, 0.15) is 11.5 Å². The fourth-order valence-corrected chi connectivity index (χ4v) is 9.84. The Morgan fingerprint density at radius 1 is 0.459 bits per heavy atom. The summed E-state index contributed by atoms with van der Waals surface area (Å²) in [4.78, 5) is 2.39. The first kappa shape index (κ1) is 39.8. The van der Waals surface area contributed by atoms with Gasteiger partial charge in [-0.2, -0.15) is 0 Å². The average molecular weight is 794 g/mol. The lowest BCUT2D eigenvalue weighted by Crippen LogP contribution is -2.29. The molecule has 0 amide bonds. The van der Waals surface area contributed by atoms with Crippen LogP contribution < -0.4 is 9.64 Å². The summed E-state index contributed by atoms with van der Waals surface area (Å²) in [6.45, 7) is 13.7. The molecule has 2 nitrogen and oxygen atoms in total. The molecule has 0 bridgehead atoms. The molecule has 2 unspecified atom stereocenters. The van der Waals surface area contributed by atoms with Crippen LogP contribution in [0.2, 0.25) is 0 Å². The Labute approximate surface area is 363 Å². The highest BCUT2D eigenvalue weighted by Crippen LogP contribution is 2.57. The van der Waals surface area contributed by atoms with E-state index in [1.807, 2.05) is 0 Å². The van der Waals surface area contributed by atoms with Gasteiger partial charge in [0.25, 0.3) is 0 Å². The van der Waals surface area contributed by atoms with Crippen LogP contribution in [0.3, 0.4) is 0 Å². The van der Waals surface area contributed by atoms with Crippen LogP contribution in [0.5, 0.6) is 11.5 Å². The molecule has 61 heavy (non-hydrogen) atoms. The van der Waals surface area contributed by atoms with Gasteiger partial charge < -0.3 is 9.64 Å². The minimum atomic E-state index is -0.583. The van der Waals surface area contributed by atoms with Gasteiger partial charge in [0, 0.05) is 17.1 Å². The smallest absolute Gasteiger partial charge is 0.127 e. The van der Waals surface area contributed by atoms with E-state index in [2.05, 4.69) is 241 Å². The van der Waals surface area contributed by atoms with Crippen molar-refractivity contribution in [2.45, 2.75) is 59.3 Å². The molecule has 0 saturated heterocycles. The predicted molar refractivity (Wildman–Crippen MR) is 257 cm³/mol. The van der Waals surface area contributed by atoms with E-state index in [0.29, 0.717) is 17.8 Å². The van der Waals surface area contributed by atoms with Crippen LogP contribution in [-0.4, -0.2) is 0 Å². The number of anilines is 3. The number of nitrogens with zero attached hydrogens (tertiary/aromatic N) is 1. The number of hydrogen-bond donors (Lipinski definition) is 0. The summed E-state index contributed by atoms with van der Waals surface area (Å²) in [7, 11) is 0. The zero-order valence-corrected chi connectivity index (χ0v) is 36.3. The molecule has 0 aromatic heterocycles. The van der Waals surface area contributed by atoms with Crippen LogP contribution in [0.15, 0.2) is 194 Å². The highest BCUT2D eigenvalue weighted by atomic mass is 16.5. The van der Waals surface area contributed by atoms with Gasteiger partial charge in [-0.1, -0.05) is 172 Å². The molecule has 1 aliphatic rings. The molecule has 8 aromatic rings. The van der Waals surface area contributed by atoms with Gasteiger partial charge in [-0.25, -0.2) is 0 Å². The van der Waals surface area contributed by atoms with Crippen molar-refractivity contribution < 1.29 is 4.74 Å². The molecule has 0 N–H and O–H groups in total. The number of fused-ring (bicyclic) bond motifs is 3. The maximum atomic E-state index is 6.57. The van der Waals surface area contributed by atoms with E-state index in [9.17, 15) is 0 Å². The molecule has 8 aromatic carbocycles. The van der Waals surface area contributed by atoms with E-state index in [1.54, 1.807) is 0 Å². The van der Waals surface area contributed by atoms with Crippen LogP contribution in [-0.2, 0) is 5.41 Å². The lowest BCUT2D eigenvalue weighted by Gasteiger charge is -2.35. The monoisotopic (exact) mass is 793 g/mol. The van der Waals surface area contributed by atoms with Gasteiger partial charge >= 0.3 is 0 Å². The van der Waals surface area contributed by atoms with E-state index < -0.39 is 5.41 Å². The Kier molecular flexibility index (Phi) is 11.0. The van der Waals surface area contributed by atoms with Crippen LogP contribution >= 0.6 is 0 Å². The average Bonchev–Trinajstić information content (AvgIpc) is 3.57. The minimum absolute atomic E-state index is 0.535. The van der Waals surface area contributed by atoms with Gasteiger partial charge in [0.2, 0.25) is 0 Å². The molecule has 0 fully saturated rings. The fraction of sp³-hybridized carbons (Fsp3) is 0.186. The zero-order chi connectivity index (χ0) is 42.1. The van der Waals surface area contributed by atoms with Crippen LogP contribution in [0, 0.1) is 25.7 Å². The highest BCUT2D eigenvalue weighted by Gasteiger charge is 2.46. The summed E-state index contributed by atoms with van der Waals surface area (Å²) >= 11 is 0. The molecule has 1 aliphatic carbocycles. The summed E-state index contributed by atoms with van der Waals surface area (Å²) in [5.41, 5.74) is 16.6. The Balaban J connectivity index is 1.17. The Bertz CT molecular complexity index is 2730. The van der Waals surface area contributed by atoms with Gasteiger partial charge in [-0.3, -0.25) is 0 Å². The summed E-state index contributed by atoms with van der Waals surface area (Å²) in [5.74, 6) is 3.45. The molecule has 302 valence electrons. The first-order chi connectivity index (χ1) is 29.7. The van der Waals surface area contributed by atoms with Gasteiger partial charge in [-0.05, 0) is 149 Å². The van der Waals surface area contributed by atoms with Gasteiger partial charge in [0.15, 0.2) is 0 Å². The van der Waals surface area contributed by atoms with Crippen molar-refractivity contribution in [1.82, 2.24) is 0 Å². The molecular formula is C59H55NO. The van der Waals surface area contributed by atoms with Gasteiger partial charge in [-0.15, -0.1) is 0 Å². The first-order valence-corrected chi connectivity index (χ1v) is 21.9. The molecular weight excluding hydrogens is 739 g/mol. The maximum absolute atomic E-state index is 6.57. The number of aryl methyl sites for hydroxylation is 2. The Morgan fingerprint density at radius 3 is 1.64 bits per heavy atom. The SMILES string of the molecule is Cc1cc(C)cc(C2(c3ccc(Oc4ccc(C(CC(C)C)C(C)C)cc4)cc3)c3ccccc3-c3ccc(N(c4ccccc4)c4ccc(-c5ccccc5)cc4)cc32)c1. The van der Waals surface area contributed by atoms with Gasteiger partial charge in [0.05, 0.1) is 5.41 Å². The van der Waals surface area contributed by atoms with Crippen molar-refractivity contribution in [3.63, 3.8) is 0 Å². The summed E-state index contributed by atoms with van der Waals surface area (Å²) in [5, 5.41) is 0. The normalized spacial score (nSPS) is 14.8. The lowest BCUT2D eigenvalue weighted by molar-refractivity contribution is 0.407. The second-order valence-corrected chi connectivity index (χ2v) is 17.7. The van der Waals surface area contributed by atoms with E-state index in [0.717, 1.165) is 28.6 Å². The van der Waals surface area contributed by atoms with E-state index in [1.165, 1.54) is 67.6 Å². The molecule has 9 rings (SSSR count). The first-order valence-electron chi connectivity index (χ1n) is 21.9. The largest absolute Gasteiger partial charge is 0.457 e. The predicted octanol–water partition coefficient (Wildman–Crippen LogP) is 16.4. The Hall–Kier alpha value is -6.64. The molecule has 0 saturated carbocycles. The third kappa shape index (κ3) is 7.68. The number of para-hydroxylation sites is 1. The molecule has 0 aliphatic heterocycles. The van der Waals surface area contributed by atoms with Crippen molar-refractivity contribution in [3.8, 4) is 33.8 Å². The summed E-state index contributed by atoms with van der Waals surface area (Å²) < 4.78 is 6.57. The second kappa shape index (κ2) is 16.8. The molecule has 0 radical (unpaired) electrons. The molecule has 2 atom stereocenters. The van der Waals surface area contributed by atoms with E-state index in [4.69, 9.17) is 4.74 Å². The quantitative estimate of drug-likeness (QED) is 0.122. The molecule has 2 heteroatoms. The summed E-state index contributed by atoms with van der Waals surface area (Å²) in [6.07, 6.45) is 1.18. The van der Waals surface area contributed by atoms with Crippen LogP contribution in [0.4, 0.5) is 17.1 Å². The van der Waals surface area contributed by atoms with E-state index >= 15 is 0 Å². The third-order valence-corrected chi connectivity index (χ3v) is 12.5. The van der Waals surface area contributed by atoms with Crippen molar-refractivity contribution in [2.24, 2.45) is 11.8 Å².